The van der Waals surface area contributed by atoms with E-state index in [1.807, 2.05) is 61.5 Å². The van der Waals surface area contributed by atoms with Crippen LogP contribution in [0.2, 0.25) is 0 Å². The van der Waals surface area contributed by atoms with Gasteiger partial charge in [-0.25, -0.2) is 9.79 Å². The van der Waals surface area contributed by atoms with E-state index in [0.29, 0.717) is 66.9 Å². The molecule has 0 saturated carbocycles. The highest BCUT2D eigenvalue weighted by Crippen LogP contribution is 2.38. The second kappa shape index (κ2) is 15.6. The Morgan fingerprint density at radius 2 is 1.63 bits per heavy atom. The third-order valence-corrected chi connectivity index (χ3v) is 9.12. The van der Waals surface area contributed by atoms with Crippen LogP contribution in [0.25, 0.3) is 11.8 Å². The smallest absolute Gasteiger partial charge is 0.338 e. The molecule has 1 aliphatic heterocycles. The number of nitriles is 1. The molecule has 10 nitrogen and oxygen atoms in total. The third-order valence-electron chi connectivity index (χ3n) is 8.14. The quantitative estimate of drug-likeness (QED) is 0.150. The first-order chi connectivity index (χ1) is 24.9. The fraction of sp³-hybridized carbons (Fsp3) is 0.200. The van der Waals surface area contributed by atoms with Gasteiger partial charge in [-0.3, -0.25) is 9.36 Å². The summed E-state index contributed by atoms with van der Waals surface area (Å²) in [7, 11) is 3.08. The minimum Gasteiger partial charge on any atom is -0.493 e. The van der Waals surface area contributed by atoms with Gasteiger partial charge >= 0.3 is 5.97 Å². The average Bonchev–Trinajstić information content (AvgIpc) is 3.47. The van der Waals surface area contributed by atoms with E-state index in [0.717, 1.165) is 5.56 Å². The number of thiazole rings is 1. The predicted molar refractivity (Wildman–Crippen MR) is 194 cm³/mol. The molecular weight excluding hydrogens is 667 g/mol. The van der Waals surface area contributed by atoms with Gasteiger partial charge in [0.1, 0.15) is 6.61 Å². The van der Waals surface area contributed by atoms with Crippen molar-refractivity contribution in [2.75, 3.05) is 27.4 Å². The van der Waals surface area contributed by atoms with Crippen LogP contribution in [-0.4, -0.2) is 38.0 Å². The van der Waals surface area contributed by atoms with Crippen molar-refractivity contribution in [1.29, 1.82) is 5.26 Å². The van der Waals surface area contributed by atoms with Crippen LogP contribution >= 0.6 is 11.3 Å². The Morgan fingerprint density at radius 3 is 2.31 bits per heavy atom. The van der Waals surface area contributed by atoms with E-state index in [1.165, 1.54) is 23.0 Å². The molecule has 0 N–H and O–H groups in total. The Bertz CT molecular complexity index is 2320. The first-order valence-electron chi connectivity index (χ1n) is 16.3. The van der Waals surface area contributed by atoms with E-state index < -0.39 is 12.0 Å². The monoisotopic (exact) mass is 701 g/mol. The zero-order valence-corrected chi connectivity index (χ0v) is 29.4. The number of ether oxygens (including phenoxy) is 5. The van der Waals surface area contributed by atoms with Gasteiger partial charge in [-0.05, 0) is 73.0 Å². The van der Waals surface area contributed by atoms with Crippen LogP contribution in [0.3, 0.4) is 0 Å². The summed E-state index contributed by atoms with van der Waals surface area (Å²) in [5.41, 5.74) is 3.85. The summed E-state index contributed by atoms with van der Waals surface area (Å²) in [4.78, 5) is 33.6. The van der Waals surface area contributed by atoms with Gasteiger partial charge in [0.2, 0.25) is 0 Å². The molecule has 0 saturated heterocycles. The van der Waals surface area contributed by atoms with Crippen LogP contribution in [-0.2, 0) is 16.1 Å². The molecule has 0 spiro atoms. The van der Waals surface area contributed by atoms with Crippen molar-refractivity contribution in [3.63, 3.8) is 0 Å². The minimum absolute atomic E-state index is 0.142. The summed E-state index contributed by atoms with van der Waals surface area (Å²) in [6.45, 7) is 4.45. The summed E-state index contributed by atoms with van der Waals surface area (Å²) in [5.74, 6) is 1.44. The molecule has 1 atom stereocenters. The van der Waals surface area contributed by atoms with Gasteiger partial charge in [-0.2, -0.15) is 5.26 Å². The van der Waals surface area contributed by atoms with Crippen molar-refractivity contribution in [3.8, 4) is 29.1 Å². The standard InChI is InChI=1S/C40H35N3O7S/c1-5-48-33-20-27(16-18-31(33)50-24-26-14-12-25(23-41)13-15-26)21-34-38(44)43-37(29-17-19-30(46-3)32(22-29)47-4)35(39(45)49-6-2)36(42-40(43)51-34)28-10-8-7-9-11-28/h7-22,37H,5-6,24H2,1-4H3/b34-21-/t37-/m0/s1. The van der Waals surface area contributed by atoms with Crippen molar-refractivity contribution in [1.82, 2.24) is 4.57 Å². The van der Waals surface area contributed by atoms with E-state index in [-0.39, 0.29) is 24.3 Å². The first-order valence-corrected chi connectivity index (χ1v) is 17.1. The van der Waals surface area contributed by atoms with Gasteiger partial charge in [0.25, 0.3) is 5.56 Å². The number of carbonyl (C=O) groups is 1. The lowest BCUT2D eigenvalue weighted by molar-refractivity contribution is -0.138. The lowest BCUT2D eigenvalue weighted by atomic mass is 9.93. The fourth-order valence-electron chi connectivity index (χ4n) is 5.77. The number of aromatic nitrogens is 1. The molecule has 258 valence electrons. The predicted octanol–water partition coefficient (Wildman–Crippen LogP) is 5.80. The second-order valence-electron chi connectivity index (χ2n) is 11.3. The SMILES string of the molecule is CCOC(=O)C1=C(c2ccccc2)N=c2s/c(=C\c3ccc(OCc4ccc(C#N)cc4)c(OCC)c3)c(=O)n2[C@H]1c1ccc(OC)c(OC)c1. The average molecular weight is 702 g/mol. The molecule has 0 radical (unpaired) electrons. The van der Waals surface area contributed by atoms with Crippen LogP contribution in [0.15, 0.2) is 106 Å². The number of carbonyl (C=O) groups excluding carboxylic acids is 1. The van der Waals surface area contributed by atoms with Crippen LogP contribution in [0.1, 0.15) is 47.7 Å². The molecule has 0 unspecified atom stereocenters. The molecule has 1 aliphatic rings. The highest BCUT2D eigenvalue weighted by Gasteiger charge is 2.35. The molecule has 2 heterocycles. The Kier molecular flexibility index (Phi) is 10.6. The molecule has 0 fully saturated rings. The van der Waals surface area contributed by atoms with Crippen LogP contribution in [0.5, 0.6) is 23.0 Å². The maximum atomic E-state index is 14.4. The minimum atomic E-state index is -0.880. The topological polar surface area (TPSA) is 121 Å². The molecule has 0 amide bonds. The molecule has 4 aromatic carbocycles. The molecule has 6 rings (SSSR count). The number of methoxy groups -OCH3 is 2. The normalized spacial score (nSPS) is 13.9. The Balaban J connectivity index is 1.48. The number of hydrogen-bond donors (Lipinski definition) is 0. The zero-order valence-electron chi connectivity index (χ0n) is 28.5. The van der Waals surface area contributed by atoms with E-state index >= 15 is 0 Å². The number of rotatable bonds is 12. The highest BCUT2D eigenvalue weighted by molar-refractivity contribution is 7.07. The maximum Gasteiger partial charge on any atom is 0.338 e. The number of nitrogens with zero attached hydrogens (tertiary/aromatic N) is 3. The lowest BCUT2D eigenvalue weighted by Crippen LogP contribution is -2.40. The van der Waals surface area contributed by atoms with Crippen molar-refractivity contribution in [2.24, 2.45) is 4.99 Å². The van der Waals surface area contributed by atoms with Crippen molar-refractivity contribution in [2.45, 2.75) is 26.5 Å². The number of fused-ring (bicyclic) bond motifs is 1. The summed E-state index contributed by atoms with van der Waals surface area (Å²) < 4.78 is 30.6. The number of hydrogen-bond acceptors (Lipinski definition) is 10. The van der Waals surface area contributed by atoms with Crippen LogP contribution in [0, 0.1) is 11.3 Å². The van der Waals surface area contributed by atoms with Crippen molar-refractivity contribution in [3.05, 3.63) is 144 Å². The Hall–Kier alpha value is -6.12. The third kappa shape index (κ3) is 7.27. The summed E-state index contributed by atoms with van der Waals surface area (Å²) in [6, 6.07) is 28.6. The first kappa shape index (κ1) is 34.7. The largest absolute Gasteiger partial charge is 0.493 e. The summed E-state index contributed by atoms with van der Waals surface area (Å²) in [6.07, 6.45) is 1.78. The van der Waals surface area contributed by atoms with E-state index in [1.54, 1.807) is 56.5 Å². The van der Waals surface area contributed by atoms with E-state index in [4.69, 9.17) is 33.9 Å². The second-order valence-corrected chi connectivity index (χ2v) is 12.3. The van der Waals surface area contributed by atoms with Gasteiger partial charge in [0, 0.05) is 5.56 Å². The lowest BCUT2D eigenvalue weighted by Gasteiger charge is -2.26. The molecule has 0 aliphatic carbocycles. The van der Waals surface area contributed by atoms with Crippen molar-refractivity contribution >= 4 is 29.1 Å². The highest BCUT2D eigenvalue weighted by atomic mass is 32.1. The van der Waals surface area contributed by atoms with Gasteiger partial charge in [-0.1, -0.05) is 65.9 Å². The molecule has 11 heteroatoms. The van der Waals surface area contributed by atoms with Crippen molar-refractivity contribution < 1.29 is 28.5 Å². The summed E-state index contributed by atoms with van der Waals surface area (Å²) in [5, 5.41) is 9.09. The fourth-order valence-corrected chi connectivity index (χ4v) is 6.77. The van der Waals surface area contributed by atoms with Gasteiger partial charge in [-0.15, -0.1) is 0 Å². The zero-order chi connectivity index (χ0) is 35.9. The number of benzene rings is 4. The van der Waals surface area contributed by atoms with Crippen LogP contribution in [0.4, 0.5) is 0 Å². The number of esters is 1. The molecule has 0 bridgehead atoms. The molecule has 5 aromatic rings. The molecule has 1 aromatic heterocycles. The van der Waals surface area contributed by atoms with Crippen LogP contribution < -0.4 is 33.8 Å². The molecule has 51 heavy (non-hydrogen) atoms. The van der Waals surface area contributed by atoms with Gasteiger partial charge in [0.15, 0.2) is 27.8 Å². The van der Waals surface area contributed by atoms with E-state index in [9.17, 15) is 9.59 Å². The van der Waals surface area contributed by atoms with E-state index in [2.05, 4.69) is 6.07 Å². The van der Waals surface area contributed by atoms with Gasteiger partial charge in [0.05, 0.1) is 60.9 Å². The maximum absolute atomic E-state index is 14.4. The Labute approximate surface area is 298 Å². The molecular formula is C40H35N3O7S. The van der Waals surface area contributed by atoms with Gasteiger partial charge < -0.3 is 23.7 Å². The summed E-state index contributed by atoms with van der Waals surface area (Å²) >= 11 is 1.22. The Morgan fingerprint density at radius 1 is 0.882 bits per heavy atom.